The van der Waals surface area contributed by atoms with Gasteiger partial charge in [-0.1, -0.05) is 41.9 Å². The Labute approximate surface area is 180 Å². The van der Waals surface area contributed by atoms with Gasteiger partial charge < -0.3 is 15.4 Å². The summed E-state index contributed by atoms with van der Waals surface area (Å²) < 4.78 is 5.83. The molecule has 0 saturated heterocycles. The molecule has 6 nitrogen and oxygen atoms in total. The first-order valence-electron chi connectivity index (χ1n) is 9.79. The van der Waals surface area contributed by atoms with Gasteiger partial charge in [-0.3, -0.25) is 14.6 Å². The van der Waals surface area contributed by atoms with Crippen LogP contribution in [0.2, 0.25) is 5.02 Å². The average molecular weight is 426 g/mol. The van der Waals surface area contributed by atoms with Crippen LogP contribution in [0.15, 0.2) is 60.8 Å². The van der Waals surface area contributed by atoms with Crippen LogP contribution in [-0.2, 0) is 9.59 Å². The number of amides is 2. The quantitative estimate of drug-likeness (QED) is 0.507. The van der Waals surface area contributed by atoms with Gasteiger partial charge in [0, 0.05) is 30.1 Å². The molecule has 0 aliphatic heterocycles. The lowest BCUT2D eigenvalue weighted by atomic mass is 10.0. The van der Waals surface area contributed by atoms with E-state index in [0.29, 0.717) is 24.6 Å². The molecule has 2 aromatic carbocycles. The lowest BCUT2D eigenvalue weighted by Crippen LogP contribution is -2.33. The zero-order valence-electron chi connectivity index (χ0n) is 16.7. The third-order valence-electron chi connectivity index (χ3n) is 4.54. The van der Waals surface area contributed by atoms with E-state index < -0.39 is 6.04 Å². The molecule has 0 bridgehead atoms. The number of carbonyl (C=O) groups is 2. The van der Waals surface area contributed by atoms with Crippen LogP contribution in [-0.4, -0.2) is 29.9 Å². The number of nitrogens with one attached hydrogen (secondary N) is 2. The minimum Gasteiger partial charge on any atom is -0.491 e. The highest BCUT2D eigenvalue weighted by atomic mass is 35.5. The molecule has 30 heavy (non-hydrogen) atoms. The van der Waals surface area contributed by atoms with Crippen molar-refractivity contribution in [3.8, 4) is 5.75 Å². The Balaban J connectivity index is 1.46. The molecule has 1 atom stereocenters. The fourth-order valence-corrected chi connectivity index (χ4v) is 3.25. The van der Waals surface area contributed by atoms with E-state index in [4.69, 9.17) is 16.3 Å². The van der Waals surface area contributed by atoms with Crippen molar-refractivity contribution < 1.29 is 14.3 Å². The number of carbonyl (C=O) groups excluding carboxylic acids is 2. The first-order chi connectivity index (χ1) is 14.5. The normalized spacial score (nSPS) is 11.7. The Hall–Kier alpha value is -3.12. The van der Waals surface area contributed by atoms with Crippen molar-refractivity contribution in [1.29, 1.82) is 0 Å². The second kappa shape index (κ2) is 10.6. The van der Waals surface area contributed by atoms with Gasteiger partial charge in [-0.2, -0.15) is 0 Å². The molecule has 1 unspecified atom stereocenters. The molecule has 1 aromatic heterocycles. The maximum atomic E-state index is 12.3. The van der Waals surface area contributed by atoms with Gasteiger partial charge in [0.25, 0.3) is 0 Å². The number of benzene rings is 2. The molecule has 0 spiro atoms. The molecule has 1 heterocycles. The largest absolute Gasteiger partial charge is 0.491 e. The summed E-state index contributed by atoms with van der Waals surface area (Å²) >= 11 is 5.92. The monoisotopic (exact) mass is 425 g/mol. The Morgan fingerprint density at radius 1 is 1.10 bits per heavy atom. The molecular weight excluding hydrogens is 402 g/mol. The Morgan fingerprint density at radius 3 is 2.63 bits per heavy atom. The summed E-state index contributed by atoms with van der Waals surface area (Å²) in [7, 11) is 0. The van der Waals surface area contributed by atoms with Crippen molar-refractivity contribution in [2.45, 2.75) is 25.8 Å². The second-order valence-electron chi connectivity index (χ2n) is 6.89. The average Bonchev–Trinajstić information content (AvgIpc) is 2.73. The van der Waals surface area contributed by atoms with Crippen LogP contribution in [0.25, 0.3) is 10.9 Å². The molecule has 3 aromatic rings. The van der Waals surface area contributed by atoms with Gasteiger partial charge in [-0.05, 0) is 36.2 Å². The molecule has 0 fully saturated rings. The Kier molecular flexibility index (Phi) is 7.63. The van der Waals surface area contributed by atoms with Crippen LogP contribution < -0.4 is 15.4 Å². The molecule has 0 radical (unpaired) electrons. The van der Waals surface area contributed by atoms with Crippen LogP contribution >= 0.6 is 11.6 Å². The molecule has 0 saturated carbocycles. The van der Waals surface area contributed by atoms with Gasteiger partial charge in [-0.15, -0.1) is 0 Å². The number of pyridine rings is 1. The molecule has 156 valence electrons. The number of halogens is 1. The summed E-state index contributed by atoms with van der Waals surface area (Å²) in [6.45, 7) is 2.37. The van der Waals surface area contributed by atoms with Gasteiger partial charge in [-0.25, -0.2) is 0 Å². The van der Waals surface area contributed by atoms with E-state index in [1.807, 2.05) is 42.5 Å². The van der Waals surface area contributed by atoms with Crippen LogP contribution in [0, 0.1) is 0 Å². The zero-order valence-corrected chi connectivity index (χ0v) is 17.5. The fraction of sp³-hybridized carbons (Fsp3) is 0.261. The molecule has 0 aliphatic rings. The first-order valence-corrected chi connectivity index (χ1v) is 10.2. The maximum absolute atomic E-state index is 12.3. The number of fused-ring (bicyclic) bond motifs is 1. The maximum Gasteiger partial charge on any atom is 0.222 e. The Bertz CT molecular complexity index is 1000. The van der Waals surface area contributed by atoms with Crippen LogP contribution in [0.1, 0.15) is 31.4 Å². The van der Waals surface area contributed by atoms with Gasteiger partial charge in [0.15, 0.2) is 0 Å². The number of rotatable bonds is 9. The van der Waals surface area contributed by atoms with E-state index in [1.165, 1.54) is 6.92 Å². The summed E-state index contributed by atoms with van der Waals surface area (Å²) in [6, 6.07) is 16.4. The number of hydrogen-bond donors (Lipinski definition) is 2. The third-order valence-corrected chi connectivity index (χ3v) is 4.79. The summed E-state index contributed by atoms with van der Waals surface area (Å²) in [5.41, 5.74) is 1.65. The Morgan fingerprint density at radius 2 is 1.87 bits per heavy atom. The van der Waals surface area contributed by atoms with Crippen molar-refractivity contribution in [1.82, 2.24) is 15.6 Å². The number of nitrogens with zero attached hydrogens (tertiary/aromatic N) is 1. The van der Waals surface area contributed by atoms with Crippen molar-refractivity contribution in [3.05, 3.63) is 71.4 Å². The van der Waals surface area contributed by atoms with Crippen LogP contribution in [0.3, 0.4) is 0 Å². The van der Waals surface area contributed by atoms with E-state index in [0.717, 1.165) is 22.2 Å². The van der Waals surface area contributed by atoms with Gasteiger partial charge in [0.05, 0.1) is 19.1 Å². The van der Waals surface area contributed by atoms with E-state index in [9.17, 15) is 9.59 Å². The minimum atomic E-state index is -0.405. The lowest BCUT2D eigenvalue weighted by Gasteiger charge is -2.18. The second-order valence-corrected chi connectivity index (χ2v) is 7.33. The number of para-hydroxylation sites is 1. The van der Waals surface area contributed by atoms with Crippen LogP contribution in [0.4, 0.5) is 0 Å². The van der Waals surface area contributed by atoms with Crippen LogP contribution in [0.5, 0.6) is 5.75 Å². The molecular formula is C23H24ClN3O3. The number of aromatic nitrogens is 1. The number of ether oxygens (including phenoxy) is 1. The summed E-state index contributed by atoms with van der Waals surface area (Å²) in [5.74, 6) is 0.392. The molecule has 7 heteroatoms. The lowest BCUT2D eigenvalue weighted by molar-refractivity contribution is -0.122. The first kappa shape index (κ1) is 21.6. The predicted molar refractivity (Wildman–Crippen MR) is 117 cm³/mol. The van der Waals surface area contributed by atoms with Crippen molar-refractivity contribution in [2.75, 3.05) is 13.2 Å². The summed E-state index contributed by atoms with van der Waals surface area (Å²) in [6.07, 6.45) is 2.54. The zero-order chi connectivity index (χ0) is 21.3. The fourth-order valence-electron chi connectivity index (χ4n) is 3.13. The standard InChI is InChI=1S/C23H24ClN3O3/c1-16(28)27-20(17-8-10-19(24)11-9-17)15-22(29)25-13-4-14-30-21-7-2-5-18-6-3-12-26-23(18)21/h2-3,5-12,20H,4,13-15H2,1H3,(H,25,29)(H,27,28). The van der Waals surface area contributed by atoms with E-state index >= 15 is 0 Å². The molecule has 3 rings (SSSR count). The van der Waals surface area contributed by atoms with Crippen molar-refractivity contribution in [3.63, 3.8) is 0 Å². The van der Waals surface area contributed by atoms with Gasteiger partial charge in [0.1, 0.15) is 11.3 Å². The minimum absolute atomic E-state index is 0.143. The highest BCUT2D eigenvalue weighted by Gasteiger charge is 2.17. The summed E-state index contributed by atoms with van der Waals surface area (Å²) in [5, 5.41) is 7.32. The van der Waals surface area contributed by atoms with Crippen molar-refractivity contribution >= 4 is 34.3 Å². The predicted octanol–water partition coefficient (Wildman–Crippen LogP) is 4.04. The SMILES string of the molecule is CC(=O)NC(CC(=O)NCCCOc1cccc2cccnc12)c1ccc(Cl)cc1. The van der Waals surface area contributed by atoms with E-state index in [1.54, 1.807) is 18.3 Å². The van der Waals surface area contributed by atoms with Gasteiger partial charge in [0.2, 0.25) is 11.8 Å². The smallest absolute Gasteiger partial charge is 0.222 e. The highest BCUT2D eigenvalue weighted by molar-refractivity contribution is 6.30. The van der Waals surface area contributed by atoms with E-state index in [2.05, 4.69) is 15.6 Å². The highest BCUT2D eigenvalue weighted by Crippen LogP contribution is 2.23. The van der Waals surface area contributed by atoms with Crippen molar-refractivity contribution in [2.24, 2.45) is 0 Å². The van der Waals surface area contributed by atoms with E-state index in [-0.39, 0.29) is 18.2 Å². The summed E-state index contributed by atoms with van der Waals surface area (Å²) in [4.78, 5) is 28.2. The molecule has 2 amide bonds. The topological polar surface area (TPSA) is 80.3 Å². The molecule has 2 N–H and O–H groups in total. The van der Waals surface area contributed by atoms with Gasteiger partial charge >= 0.3 is 0 Å². The number of hydrogen-bond acceptors (Lipinski definition) is 4. The molecule has 0 aliphatic carbocycles. The third kappa shape index (κ3) is 6.19.